The molecule has 5 aliphatic rings. The summed E-state index contributed by atoms with van der Waals surface area (Å²) in [6, 6.07) is 0. The lowest BCUT2D eigenvalue weighted by atomic mass is 9.43. The van der Waals surface area contributed by atoms with E-state index in [2.05, 4.69) is 20.8 Å². The van der Waals surface area contributed by atoms with Gasteiger partial charge in [-0.15, -0.1) is 0 Å². The van der Waals surface area contributed by atoms with E-state index in [0.29, 0.717) is 19.3 Å². The Kier molecular flexibility index (Phi) is 8.67. The Morgan fingerprint density at radius 3 is 2.38 bits per heavy atom. The molecule has 0 aromatic rings. The normalized spacial score (nSPS) is 53.2. The molecule has 0 aromatic heterocycles. The van der Waals surface area contributed by atoms with E-state index in [1.54, 1.807) is 0 Å². The fourth-order valence-corrected chi connectivity index (χ4v) is 10.0. The van der Waals surface area contributed by atoms with Crippen LogP contribution in [0.2, 0.25) is 0 Å². The van der Waals surface area contributed by atoms with Crippen molar-refractivity contribution >= 4 is 5.97 Å². The standard InChI is InChI=1S/C30H50O10/c1-14(4-7-23(35)40-28-27(38)26(37)25(36)21(13-31)39-28)17-5-6-18-24-19(12-22(34)30(17,18)3)29(2)9-8-16(32)10-15(29)11-20(24)33/h14-22,24-28,31-34,36-38H,4-13H2,1-3H3/t14-,15+,16-,17-,18+,19+,20-,21-,22+,24+,25+,26+,27-,28+,29+,30-/m1/s1. The Morgan fingerprint density at radius 2 is 1.68 bits per heavy atom. The summed E-state index contributed by atoms with van der Waals surface area (Å²) in [5.41, 5.74) is -0.358. The maximum Gasteiger partial charge on any atom is 0.308 e. The van der Waals surface area contributed by atoms with Gasteiger partial charge in [0.2, 0.25) is 6.29 Å². The number of ether oxygens (including phenoxy) is 2. The van der Waals surface area contributed by atoms with Crippen LogP contribution in [0, 0.1) is 46.3 Å². The summed E-state index contributed by atoms with van der Waals surface area (Å²) in [7, 11) is 0. The first-order chi connectivity index (χ1) is 18.8. The predicted molar refractivity (Wildman–Crippen MR) is 142 cm³/mol. The summed E-state index contributed by atoms with van der Waals surface area (Å²) in [5.74, 6) is 0.463. The average Bonchev–Trinajstić information content (AvgIpc) is 3.27. The van der Waals surface area contributed by atoms with Crippen molar-refractivity contribution in [3.8, 4) is 0 Å². The molecular weight excluding hydrogens is 520 g/mol. The van der Waals surface area contributed by atoms with Crippen molar-refractivity contribution in [2.24, 2.45) is 46.3 Å². The van der Waals surface area contributed by atoms with E-state index in [1.165, 1.54) is 0 Å². The number of carbonyl (C=O) groups excluding carboxylic acids is 1. The zero-order chi connectivity index (χ0) is 29.1. The molecule has 10 nitrogen and oxygen atoms in total. The van der Waals surface area contributed by atoms with Crippen molar-refractivity contribution in [3.63, 3.8) is 0 Å². The van der Waals surface area contributed by atoms with Crippen molar-refractivity contribution in [3.05, 3.63) is 0 Å². The number of rotatable bonds is 6. The molecule has 1 heterocycles. The summed E-state index contributed by atoms with van der Waals surface area (Å²) in [6.07, 6.45) is -2.43. The molecule has 10 heteroatoms. The van der Waals surface area contributed by atoms with Gasteiger partial charge in [-0.3, -0.25) is 4.79 Å². The summed E-state index contributed by atoms with van der Waals surface area (Å²) in [5, 5.41) is 72.9. The first kappa shape index (κ1) is 30.6. The van der Waals surface area contributed by atoms with Crippen LogP contribution in [0.1, 0.15) is 78.6 Å². The second-order valence-electron chi connectivity index (χ2n) is 14.2. The molecule has 5 fully saturated rings. The Labute approximate surface area is 236 Å². The number of fused-ring (bicyclic) bond motifs is 5. The third-order valence-electron chi connectivity index (χ3n) is 12.4. The molecule has 0 bridgehead atoms. The minimum atomic E-state index is -1.63. The lowest BCUT2D eigenvalue weighted by Gasteiger charge is -2.63. The van der Waals surface area contributed by atoms with Gasteiger partial charge in [-0.1, -0.05) is 20.8 Å². The maximum atomic E-state index is 12.7. The average molecular weight is 571 g/mol. The molecule has 5 rings (SSSR count). The highest BCUT2D eigenvalue weighted by molar-refractivity contribution is 5.69. The van der Waals surface area contributed by atoms with Gasteiger partial charge in [0.1, 0.15) is 24.4 Å². The number of hydrogen-bond donors (Lipinski definition) is 7. The van der Waals surface area contributed by atoms with Crippen molar-refractivity contribution < 1.29 is 50.0 Å². The number of aliphatic hydroxyl groups is 7. The van der Waals surface area contributed by atoms with Crippen LogP contribution in [0.3, 0.4) is 0 Å². The maximum absolute atomic E-state index is 12.7. The van der Waals surface area contributed by atoms with Crippen LogP contribution in [-0.4, -0.2) is 97.3 Å². The zero-order valence-corrected chi connectivity index (χ0v) is 24.0. The van der Waals surface area contributed by atoms with Gasteiger partial charge < -0.3 is 45.2 Å². The molecule has 16 atom stereocenters. The first-order valence-corrected chi connectivity index (χ1v) is 15.4. The van der Waals surface area contributed by atoms with Crippen molar-refractivity contribution in [2.75, 3.05) is 6.61 Å². The van der Waals surface area contributed by atoms with Crippen molar-refractivity contribution in [1.29, 1.82) is 0 Å². The van der Waals surface area contributed by atoms with Crippen molar-refractivity contribution in [2.45, 2.75) is 128 Å². The molecule has 0 unspecified atom stereocenters. The molecule has 1 aliphatic heterocycles. The van der Waals surface area contributed by atoms with Crippen LogP contribution in [0.5, 0.6) is 0 Å². The molecule has 4 saturated carbocycles. The van der Waals surface area contributed by atoms with E-state index in [-0.39, 0.29) is 58.9 Å². The van der Waals surface area contributed by atoms with E-state index in [9.17, 15) is 40.5 Å². The molecule has 0 amide bonds. The number of esters is 1. The van der Waals surface area contributed by atoms with Gasteiger partial charge in [0.15, 0.2) is 0 Å². The largest absolute Gasteiger partial charge is 0.433 e. The lowest BCUT2D eigenvalue weighted by molar-refractivity contribution is -0.292. The Balaban J connectivity index is 1.23. The Morgan fingerprint density at radius 1 is 0.950 bits per heavy atom. The molecule has 0 radical (unpaired) electrons. The summed E-state index contributed by atoms with van der Waals surface area (Å²) in [6.45, 7) is 5.98. The topological polar surface area (TPSA) is 177 Å². The van der Waals surface area contributed by atoms with Crippen LogP contribution in [0.25, 0.3) is 0 Å². The van der Waals surface area contributed by atoms with Gasteiger partial charge in [-0.25, -0.2) is 0 Å². The fourth-order valence-electron chi connectivity index (χ4n) is 10.0. The third-order valence-corrected chi connectivity index (χ3v) is 12.4. The predicted octanol–water partition coefficient (Wildman–Crippen LogP) is 0.707. The van der Waals surface area contributed by atoms with Crippen molar-refractivity contribution in [1.82, 2.24) is 0 Å². The highest BCUT2D eigenvalue weighted by Gasteiger charge is 2.65. The summed E-state index contributed by atoms with van der Waals surface area (Å²) < 4.78 is 10.6. The van der Waals surface area contributed by atoms with Gasteiger partial charge in [0.25, 0.3) is 0 Å². The van der Waals surface area contributed by atoms with Crippen LogP contribution in [-0.2, 0) is 14.3 Å². The first-order valence-electron chi connectivity index (χ1n) is 15.4. The second-order valence-corrected chi connectivity index (χ2v) is 14.2. The van der Waals surface area contributed by atoms with Gasteiger partial charge in [0.05, 0.1) is 24.9 Å². The number of hydrogen-bond acceptors (Lipinski definition) is 10. The summed E-state index contributed by atoms with van der Waals surface area (Å²) in [4.78, 5) is 12.7. The van der Waals surface area contributed by atoms with Crippen LogP contribution >= 0.6 is 0 Å². The molecule has 4 aliphatic carbocycles. The third kappa shape index (κ3) is 4.94. The van der Waals surface area contributed by atoms with E-state index < -0.39 is 55.5 Å². The van der Waals surface area contributed by atoms with Crippen LogP contribution < -0.4 is 0 Å². The molecule has 1 saturated heterocycles. The highest BCUT2D eigenvalue weighted by atomic mass is 16.7. The minimum Gasteiger partial charge on any atom is -0.433 e. The van der Waals surface area contributed by atoms with Gasteiger partial charge in [-0.2, -0.15) is 0 Å². The monoisotopic (exact) mass is 570 g/mol. The van der Waals surface area contributed by atoms with E-state index in [0.717, 1.165) is 32.1 Å². The molecule has 7 N–H and O–H groups in total. The number of carbonyl (C=O) groups is 1. The van der Waals surface area contributed by atoms with Gasteiger partial charge in [0, 0.05) is 6.42 Å². The Hall–Kier alpha value is -0.850. The van der Waals surface area contributed by atoms with Crippen LogP contribution in [0.4, 0.5) is 0 Å². The Bertz CT molecular complexity index is 915. The smallest absolute Gasteiger partial charge is 0.308 e. The minimum absolute atomic E-state index is 0.0172. The SMILES string of the molecule is C[C@H](CCC(=O)O[C@@H]1O[C@H](CO)[C@H](O)[C@H](O)[C@H]1O)[C@H]1CC[C@H]2[C@@H]3[C@H](O)C[C@@H]4C[C@H](O)CC[C@]4(C)[C@H]3C[C@H](O)[C@]12C. The molecule has 0 spiro atoms. The fraction of sp³-hybridized carbons (Fsp3) is 0.967. The highest BCUT2D eigenvalue weighted by Crippen LogP contribution is 2.68. The summed E-state index contributed by atoms with van der Waals surface area (Å²) >= 11 is 0. The molecular formula is C30H50O10. The van der Waals surface area contributed by atoms with E-state index in [1.807, 2.05) is 0 Å². The zero-order valence-electron chi connectivity index (χ0n) is 24.0. The molecule has 230 valence electrons. The molecule has 40 heavy (non-hydrogen) atoms. The van der Waals surface area contributed by atoms with Gasteiger partial charge in [-0.05, 0) is 97.7 Å². The quantitative estimate of drug-likeness (QED) is 0.225. The van der Waals surface area contributed by atoms with Crippen LogP contribution in [0.15, 0.2) is 0 Å². The molecule has 0 aromatic carbocycles. The van der Waals surface area contributed by atoms with E-state index >= 15 is 0 Å². The number of aliphatic hydroxyl groups excluding tert-OH is 7. The van der Waals surface area contributed by atoms with E-state index in [4.69, 9.17) is 9.47 Å². The van der Waals surface area contributed by atoms with Gasteiger partial charge >= 0.3 is 5.97 Å². The lowest BCUT2D eigenvalue weighted by Crippen LogP contribution is -2.62. The second kappa shape index (κ2) is 11.3.